The van der Waals surface area contributed by atoms with Crippen LogP contribution >= 0.6 is 7.60 Å². The van der Waals surface area contributed by atoms with Crippen LogP contribution in [0.2, 0.25) is 0 Å². The Morgan fingerprint density at radius 3 is 2.65 bits per heavy atom. The van der Waals surface area contributed by atoms with Gasteiger partial charge in [0, 0.05) is 12.4 Å². The molecule has 0 saturated heterocycles. The first-order chi connectivity index (χ1) is 7.85. The summed E-state index contributed by atoms with van der Waals surface area (Å²) < 4.78 is 12.3. The van der Waals surface area contributed by atoms with Gasteiger partial charge in [-0.1, -0.05) is 6.07 Å². The van der Waals surface area contributed by atoms with E-state index in [0.717, 1.165) is 0 Å². The smallest absolute Gasteiger partial charge is 0.356 e. The Bertz CT molecular complexity index is 629. The average molecular weight is 256 g/mol. The zero-order valence-electron chi connectivity index (χ0n) is 8.52. The molecule has 7 nitrogen and oxygen atoms in total. The van der Waals surface area contributed by atoms with Crippen LogP contribution in [0, 0.1) is 0 Å². The minimum Gasteiger partial charge on any atom is -0.476 e. The largest absolute Gasteiger partial charge is 0.476 e. The Labute approximate surface area is 95.5 Å². The summed E-state index contributed by atoms with van der Waals surface area (Å²) >= 11 is 0. The molecule has 2 rings (SSSR count). The lowest BCUT2D eigenvalue weighted by molar-refractivity contribution is 0.0691. The van der Waals surface area contributed by atoms with E-state index in [0.29, 0.717) is 11.2 Å². The van der Waals surface area contributed by atoms with Crippen molar-refractivity contribution in [2.75, 3.05) is 0 Å². The predicted molar refractivity (Wildman–Crippen MR) is 57.9 cm³/mol. The van der Waals surface area contributed by atoms with Crippen LogP contribution in [-0.4, -0.2) is 30.2 Å². The molecule has 17 heavy (non-hydrogen) atoms. The van der Waals surface area contributed by atoms with Crippen molar-refractivity contribution in [1.29, 1.82) is 0 Å². The summed E-state index contributed by atoms with van der Waals surface area (Å²) in [5.41, 5.74) is 0.718. The van der Waals surface area contributed by atoms with Gasteiger partial charge in [-0.3, -0.25) is 4.57 Å². The SMILES string of the molecule is O=C(O)c1cn2cc(CP(=O)(O)O)ccc2n1. The van der Waals surface area contributed by atoms with Crippen LogP contribution in [0.15, 0.2) is 24.5 Å². The van der Waals surface area contributed by atoms with Gasteiger partial charge < -0.3 is 19.3 Å². The van der Waals surface area contributed by atoms with Gasteiger partial charge in [0.25, 0.3) is 0 Å². The molecule has 0 aliphatic rings. The van der Waals surface area contributed by atoms with E-state index in [9.17, 15) is 9.36 Å². The van der Waals surface area contributed by atoms with E-state index in [1.54, 1.807) is 0 Å². The maximum atomic E-state index is 10.8. The summed E-state index contributed by atoms with van der Waals surface area (Å²) in [7, 11) is -4.13. The first-order valence-corrected chi connectivity index (χ1v) is 6.40. The molecule has 0 aliphatic carbocycles. The molecular formula is C9H9N2O5P. The molecule has 0 radical (unpaired) electrons. The quantitative estimate of drug-likeness (QED) is 0.697. The second-order valence-electron chi connectivity index (χ2n) is 3.56. The van der Waals surface area contributed by atoms with Gasteiger partial charge in [-0.25, -0.2) is 9.78 Å². The Morgan fingerprint density at radius 1 is 1.35 bits per heavy atom. The molecule has 2 aromatic rings. The maximum Gasteiger partial charge on any atom is 0.356 e. The van der Waals surface area contributed by atoms with Crippen LogP contribution in [0.5, 0.6) is 0 Å². The summed E-state index contributed by atoms with van der Waals surface area (Å²) in [4.78, 5) is 32.2. The van der Waals surface area contributed by atoms with Gasteiger partial charge in [0.15, 0.2) is 5.69 Å². The molecule has 0 unspecified atom stereocenters. The fourth-order valence-corrected chi connectivity index (χ4v) is 2.14. The van der Waals surface area contributed by atoms with Gasteiger partial charge in [0.05, 0.1) is 6.16 Å². The number of rotatable bonds is 3. The van der Waals surface area contributed by atoms with Crippen LogP contribution in [0.1, 0.15) is 16.1 Å². The third kappa shape index (κ3) is 2.71. The van der Waals surface area contributed by atoms with Gasteiger partial charge in [0.2, 0.25) is 0 Å². The second kappa shape index (κ2) is 3.96. The Kier molecular flexibility index (Phi) is 2.74. The number of carboxylic acids is 1. The third-order valence-electron chi connectivity index (χ3n) is 2.12. The zero-order valence-corrected chi connectivity index (χ0v) is 9.41. The standard InChI is InChI=1S/C9H9N2O5P/c12-9(13)7-4-11-3-6(5-17(14,15)16)1-2-8(11)10-7/h1-4H,5H2,(H,12,13)(H2,14,15,16). The van der Waals surface area contributed by atoms with E-state index in [-0.39, 0.29) is 11.9 Å². The molecule has 0 saturated carbocycles. The molecule has 0 atom stereocenters. The monoisotopic (exact) mass is 256 g/mol. The first-order valence-electron chi connectivity index (χ1n) is 4.61. The van der Waals surface area contributed by atoms with Crippen molar-refractivity contribution in [2.24, 2.45) is 0 Å². The predicted octanol–water partition coefficient (Wildman–Crippen LogP) is 0.710. The van der Waals surface area contributed by atoms with Crippen molar-refractivity contribution in [1.82, 2.24) is 9.38 Å². The van der Waals surface area contributed by atoms with Crippen LogP contribution in [0.4, 0.5) is 0 Å². The lowest BCUT2D eigenvalue weighted by atomic mass is 10.3. The number of aromatic nitrogens is 2. The van der Waals surface area contributed by atoms with Crippen LogP contribution in [0.25, 0.3) is 5.65 Å². The molecule has 0 amide bonds. The lowest BCUT2D eigenvalue weighted by Crippen LogP contribution is -1.94. The number of hydrogen-bond acceptors (Lipinski definition) is 3. The van der Waals surface area contributed by atoms with Gasteiger partial charge in [-0.2, -0.15) is 0 Å². The molecule has 3 N–H and O–H groups in total. The topological polar surface area (TPSA) is 112 Å². The lowest BCUT2D eigenvalue weighted by Gasteiger charge is -2.03. The normalized spacial score (nSPS) is 11.9. The minimum absolute atomic E-state index is 0.113. The van der Waals surface area contributed by atoms with Crippen molar-refractivity contribution >= 4 is 19.2 Å². The summed E-state index contributed by atoms with van der Waals surface area (Å²) in [5, 5.41) is 8.74. The summed E-state index contributed by atoms with van der Waals surface area (Å²) in [6, 6.07) is 3.02. The summed E-state index contributed by atoms with van der Waals surface area (Å²) in [6.45, 7) is 0. The number of fused-ring (bicyclic) bond motifs is 1. The van der Waals surface area contributed by atoms with Gasteiger partial charge in [-0.15, -0.1) is 0 Å². The van der Waals surface area contributed by atoms with Crippen molar-refractivity contribution in [3.63, 3.8) is 0 Å². The highest BCUT2D eigenvalue weighted by Gasteiger charge is 2.15. The molecule has 0 aliphatic heterocycles. The molecule has 8 heteroatoms. The van der Waals surface area contributed by atoms with E-state index in [4.69, 9.17) is 14.9 Å². The average Bonchev–Trinajstić information content (AvgIpc) is 2.57. The molecular weight excluding hydrogens is 247 g/mol. The van der Waals surface area contributed by atoms with E-state index in [1.165, 1.54) is 28.9 Å². The van der Waals surface area contributed by atoms with E-state index in [2.05, 4.69) is 4.98 Å². The van der Waals surface area contributed by atoms with E-state index in [1.807, 2.05) is 0 Å². The Morgan fingerprint density at radius 2 is 2.06 bits per heavy atom. The number of aromatic carboxylic acids is 1. The highest BCUT2D eigenvalue weighted by atomic mass is 31.2. The maximum absolute atomic E-state index is 10.8. The van der Waals surface area contributed by atoms with Gasteiger partial charge >= 0.3 is 13.6 Å². The first kappa shape index (κ1) is 11.8. The van der Waals surface area contributed by atoms with Crippen LogP contribution < -0.4 is 0 Å². The van der Waals surface area contributed by atoms with Crippen molar-refractivity contribution in [3.8, 4) is 0 Å². The fraction of sp³-hybridized carbons (Fsp3) is 0.111. The molecule has 0 aromatic carbocycles. The molecule has 90 valence electrons. The number of carboxylic acid groups (broad SMARTS) is 1. The number of pyridine rings is 1. The highest BCUT2D eigenvalue weighted by Crippen LogP contribution is 2.38. The van der Waals surface area contributed by atoms with E-state index < -0.39 is 13.6 Å². The van der Waals surface area contributed by atoms with Crippen LogP contribution in [-0.2, 0) is 10.7 Å². The fourth-order valence-electron chi connectivity index (χ4n) is 1.47. The Hall–Kier alpha value is -1.69. The molecule has 2 aromatic heterocycles. The van der Waals surface area contributed by atoms with Crippen LogP contribution in [0.3, 0.4) is 0 Å². The highest BCUT2D eigenvalue weighted by molar-refractivity contribution is 7.50. The van der Waals surface area contributed by atoms with Gasteiger partial charge in [-0.05, 0) is 11.6 Å². The number of carbonyl (C=O) groups is 1. The van der Waals surface area contributed by atoms with E-state index >= 15 is 0 Å². The molecule has 0 fully saturated rings. The molecule has 0 bridgehead atoms. The minimum atomic E-state index is -4.13. The van der Waals surface area contributed by atoms with Crippen molar-refractivity contribution < 1.29 is 24.3 Å². The number of imidazole rings is 1. The second-order valence-corrected chi connectivity index (χ2v) is 5.20. The molecule has 2 heterocycles. The van der Waals surface area contributed by atoms with Gasteiger partial charge in [0.1, 0.15) is 5.65 Å². The van der Waals surface area contributed by atoms with Crippen molar-refractivity contribution in [2.45, 2.75) is 6.16 Å². The van der Waals surface area contributed by atoms with Crippen molar-refractivity contribution in [3.05, 3.63) is 35.8 Å². The number of hydrogen-bond donors (Lipinski definition) is 3. The zero-order chi connectivity index (χ0) is 12.6. The Balaban J connectivity index is 2.43. The summed E-state index contributed by atoms with van der Waals surface area (Å²) in [5.74, 6) is -1.15. The molecule has 0 spiro atoms. The number of nitrogens with zero attached hydrogens (tertiary/aromatic N) is 2. The third-order valence-corrected chi connectivity index (χ3v) is 2.90. The summed E-state index contributed by atoms with van der Waals surface area (Å²) in [6.07, 6.45) is 2.36.